The molecule has 0 unspecified atom stereocenters. The van der Waals surface area contributed by atoms with E-state index < -0.39 is 0 Å². The molecule has 5 heteroatoms. The lowest BCUT2D eigenvalue weighted by Crippen LogP contribution is -2.25. The molecule has 1 aromatic carbocycles. The van der Waals surface area contributed by atoms with Gasteiger partial charge in [-0.05, 0) is 61.7 Å². The van der Waals surface area contributed by atoms with E-state index >= 15 is 0 Å². The molecule has 1 N–H and O–H groups in total. The van der Waals surface area contributed by atoms with Crippen LogP contribution in [0.2, 0.25) is 0 Å². The predicted octanol–water partition coefficient (Wildman–Crippen LogP) is 4.18. The number of aryl methyl sites for hydroxylation is 3. The molecule has 0 spiro atoms. The van der Waals surface area contributed by atoms with E-state index in [2.05, 4.69) is 42.3 Å². The number of amides is 1. The van der Waals surface area contributed by atoms with Crippen LogP contribution in [0.3, 0.4) is 0 Å². The molecule has 0 bridgehead atoms. The Balaban J connectivity index is 1.69. The molecule has 4 rings (SSSR count). The number of nitrogens with one attached hydrogen (secondary N) is 1. The Hall–Kier alpha value is -3.47. The Kier molecular flexibility index (Phi) is 5.12. The molecule has 1 amide bonds. The van der Waals surface area contributed by atoms with E-state index in [1.807, 2.05) is 47.9 Å². The van der Waals surface area contributed by atoms with Crippen LogP contribution in [0.5, 0.6) is 0 Å². The van der Waals surface area contributed by atoms with Crippen molar-refractivity contribution in [2.75, 3.05) is 0 Å². The van der Waals surface area contributed by atoms with Gasteiger partial charge in [-0.3, -0.25) is 9.78 Å². The molecule has 0 aliphatic rings. The first-order chi connectivity index (χ1) is 14.0. The predicted molar refractivity (Wildman–Crippen MR) is 115 cm³/mol. The van der Waals surface area contributed by atoms with Crippen molar-refractivity contribution in [2.45, 2.75) is 33.7 Å². The Morgan fingerprint density at radius 1 is 1.00 bits per heavy atom. The van der Waals surface area contributed by atoms with Crippen LogP contribution in [0.25, 0.3) is 16.9 Å². The lowest BCUT2D eigenvalue weighted by molar-refractivity contribution is -0.120. The van der Waals surface area contributed by atoms with Gasteiger partial charge in [-0.15, -0.1) is 0 Å². The summed E-state index contributed by atoms with van der Waals surface area (Å²) in [4.78, 5) is 21.9. The first kappa shape index (κ1) is 18.9. The monoisotopic (exact) mass is 384 g/mol. The molecule has 3 aromatic heterocycles. The van der Waals surface area contributed by atoms with Crippen LogP contribution in [-0.2, 0) is 17.8 Å². The molecule has 0 aliphatic carbocycles. The van der Waals surface area contributed by atoms with Gasteiger partial charge >= 0.3 is 0 Å². The summed E-state index contributed by atoms with van der Waals surface area (Å²) in [5.41, 5.74) is 8.03. The maximum absolute atomic E-state index is 12.7. The number of imidazole rings is 1. The SMILES string of the molecule is Cc1ccc(-c2nc3c(C)cccn3c2CC(=O)NCc2ccccn2)cc1C. The van der Waals surface area contributed by atoms with Gasteiger partial charge in [0, 0.05) is 18.0 Å². The van der Waals surface area contributed by atoms with E-state index in [0.29, 0.717) is 6.54 Å². The van der Waals surface area contributed by atoms with E-state index in [9.17, 15) is 4.79 Å². The minimum atomic E-state index is -0.0518. The van der Waals surface area contributed by atoms with Crippen molar-refractivity contribution in [2.24, 2.45) is 0 Å². The minimum Gasteiger partial charge on any atom is -0.350 e. The van der Waals surface area contributed by atoms with Crippen molar-refractivity contribution in [1.82, 2.24) is 19.7 Å². The van der Waals surface area contributed by atoms with E-state index in [4.69, 9.17) is 4.98 Å². The summed E-state index contributed by atoms with van der Waals surface area (Å²) in [6.07, 6.45) is 3.95. The molecular weight excluding hydrogens is 360 g/mol. The number of carbonyl (C=O) groups is 1. The fourth-order valence-electron chi connectivity index (χ4n) is 3.45. The van der Waals surface area contributed by atoms with Gasteiger partial charge in [0.15, 0.2) is 0 Å². The van der Waals surface area contributed by atoms with Crippen molar-refractivity contribution in [3.8, 4) is 11.3 Å². The number of pyridine rings is 2. The third-order valence-electron chi connectivity index (χ3n) is 5.25. The van der Waals surface area contributed by atoms with Gasteiger partial charge in [0.2, 0.25) is 5.91 Å². The highest BCUT2D eigenvalue weighted by Crippen LogP contribution is 2.28. The maximum Gasteiger partial charge on any atom is 0.226 e. The van der Waals surface area contributed by atoms with Gasteiger partial charge in [-0.2, -0.15) is 0 Å². The fourth-order valence-corrected chi connectivity index (χ4v) is 3.45. The Morgan fingerprint density at radius 2 is 1.86 bits per heavy atom. The van der Waals surface area contributed by atoms with E-state index in [0.717, 1.165) is 33.9 Å². The van der Waals surface area contributed by atoms with Gasteiger partial charge in [-0.25, -0.2) is 4.98 Å². The van der Waals surface area contributed by atoms with Crippen LogP contribution in [0.1, 0.15) is 28.1 Å². The molecule has 0 fully saturated rings. The molecule has 29 heavy (non-hydrogen) atoms. The number of nitrogens with zero attached hydrogens (tertiary/aromatic N) is 3. The highest BCUT2D eigenvalue weighted by Gasteiger charge is 2.18. The Labute approximate surface area is 170 Å². The lowest BCUT2D eigenvalue weighted by Gasteiger charge is -2.08. The van der Waals surface area contributed by atoms with E-state index in [1.165, 1.54) is 11.1 Å². The zero-order valence-corrected chi connectivity index (χ0v) is 16.9. The maximum atomic E-state index is 12.7. The highest BCUT2D eigenvalue weighted by molar-refractivity contribution is 5.82. The Morgan fingerprint density at radius 3 is 2.62 bits per heavy atom. The molecule has 0 aliphatic heterocycles. The molecule has 0 saturated carbocycles. The second kappa shape index (κ2) is 7.87. The number of hydrogen-bond donors (Lipinski definition) is 1. The highest BCUT2D eigenvalue weighted by atomic mass is 16.1. The summed E-state index contributed by atoms with van der Waals surface area (Å²) >= 11 is 0. The summed E-state index contributed by atoms with van der Waals surface area (Å²) in [7, 11) is 0. The molecule has 0 atom stereocenters. The minimum absolute atomic E-state index is 0.0518. The summed E-state index contributed by atoms with van der Waals surface area (Å²) in [5, 5.41) is 2.97. The third-order valence-corrected chi connectivity index (χ3v) is 5.25. The molecule has 4 aromatic rings. The average Bonchev–Trinajstić information content (AvgIpc) is 3.09. The van der Waals surface area contributed by atoms with Gasteiger partial charge < -0.3 is 9.72 Å². The summed E-state index contributed by atoms with van der Waals surface area (Å²) in [5.74, 6) is -0.0518. The topological polar surface area (TPSA) is 59.3 Å². The second-order valence-electron chi connectivity index (χ2n) is 7.37. The van der Waals surface area contributed by atoms with Crippen LogP contribution in [-0.4, -0.2) is 20.3 Å². The normalized spacial score (nSPS) is 11.0. The molecule has 146 valence electrons. The molecule has 0 radical (unpaired) electrons. The number of hydrogen-bond acceptors (Lipinski definition) is 3. The first-order valence-corrected chi connectivity index (χ1v) is 9.73. The average molecular weight is 384 g/mol. The van der Waals surface area contributed by atoms with Crippen LogP contribution in [0.4, 0.5) is 0 Å². The zero-order chi connectivity index (χ0) is 20.4. The number of aromatic nitrogens is 3. The van der Waals surface area contributed by atoms with Crippen molar-refractivity contribution in [1.29, 1.82) is 0 Å². The fraction of sp³-hybridized carbons (Fsp3) is 0.208. The molecule has 5 nitrogen and oxygen atoms in total. The number of benzene rings is 1. The molecular formula is C24H24N4O. The van der Waals surface area contributed by atoms with Crippen LogP contribution >= 0.6 is 0 Å². The van der Waals surface area contributed by atoms with Crippen molar-refractivity contribution in [3.05, 3.63) is 89.0 Å². The van der Waals surface area contributed by atoms with Gasteiger partial charge in [-0.1, -0.05) is 24.3 Å². The molecule has 0 saturated heterocycles. The zero-order valence-electron chi connectivity index (χ0n) is 16.9. The van der Waals surface area contributed by atoms with Crippen molar-refractivity contribution in [3.63, 3.8) is 0 Å². The summed E-state index contributed by atoms with van der Waals surface area (Å²) < 4.78 is 2.03. The van der Waals surface area contributed by atoms with E-state index in [-0.39, 0.29) is 12.3 Å². The number of carbonyl (C=O) groups excluding carboxylic acids is 1. The van der Waals surface area contributed by atoms with Crippen molar-refractivity contribution >= 4 is 11.6 Å². The van der Waals surface area contributed by atoms with Crippen molar-refractivity contribution < 1.29 is 4.79 Å². The van der Waals surface area contributed by atoms with Gasteiger partial charge in [0.1, 0.15) is 5.65 Å². The third kappa shape index (κ3) is 3.90. The largest absolute Gasteiger partial charge is 0.350 e. The van der Waals surface area contributed by atoms with Crippen LogP contribution < -0.4 is 5.32 Å². The van der Waals surface area contributed by atoms with Gasteiger partial charge in [0.05, 0.1) is 30.0 Å². The van der Waals surface area contributed by atoms with Crippen LogP contribution in [0.15, 0.2) is 60.9 Å². The second-order valence-corrected chi connectivity index (χ2v) is 7.37. The van der Waals surface area contributed by atoms with E-state index in [1.54, 1.807) is 6.20 Å². The van der Waals surface area contributed by atoms with Crippen LogP contribution in [0, 0.1) is 20.8 Å². The smallest absolute Gasteiger partial charge is 0.226 e. The Bertz CT molecular complexity index is 1180. The number of rotatable bonds is 5. The number of fused-ring (bicyclic) bond motifs is 1. The standard InChI is InChI=1S/C24H24N4O/c1-16-9-10-19(13-18(16)3)23-21(28-12-6-7-17(2)24(28)27-23)14-22(29)26-15-20-8-4-5-11-25-20/h4-13H,14-15H2,1-3H3,(H,26,29). The quantitative estimate of drug-likeness (QED) is 0.561. The molecule has 3 heterocycles. The summed E-state index contributed by atoms with van der Waals surface area (Å²) in [6, 6.07) is 16.0. The lowest BCUT2D eigenvalue weighted by atomic mass is 10.0. The van der Waals surface area contributed by atoms with Gasteiger partial charge in [0.25, 0.3) is 0 Å². The first-order valence-electron chi connectivity index (χ1n) is 9.73. The summed E-state index contributed by atoms with van der Waals surface area (Å²) in [6.45, 7) is 6.64.